The molecule has 37 heavy (non-hydrogen) atoms. The van der Waals surface area contributed by atoms with Crippen LogP contribution in [0.3, 0.4) is 0 Å². The molecular weight excluding hydrogens is 548 g/mol. The van der Waals surface area contributed by atoms with Crippen LogP contribution in [-0.2, 0) is 10.9 Å². The number of aromatic amines is 1. The second-order valence-corrected chi connectivity index (χ2v) is 9.92. The van der Waals surface area contributed by atoms with E-state index in [0.29, 0.717) is 24.6 Å². The molecule has 1 heterocycles. The third-order valence-corrected chi connectivity index (χ3v) is 7.14. The van der Waals surface area contributed by atoms with E-state index in [1.54, 1.807) is 14.2 Å². The molecule has 0 amide bonds. The Balaban J connectivity index is 2.13. The Morgan fingerprint density at radius 1 is 1.14 bits per heavy atom. The van der Waals surface area contributed by atoms with Crippen LogP contribution >= 0.6 is 35.4 Å². The summed E-state index contributed by atoms with van der Waals surface area (Å²) in [6, 6.07) is 7.71. The van der Waals surface area contributed by atoms with Crippen molar-refractivity contribution in [1.82, 2.24) is 19.7 Å². The van der Waals surface area contributed by atoms with Crippen LogP contribution in [0.4, 0.5) is 13.2 Å². The fourth-order valence-electron chi connectivity index (χ4n) is 4.15. The van der Waals surface area contributed by atoms with Crippen molar-refractivity contribution < 1.29 is 22.6 Å². The Morgan fingerprint density at radius 2 is 1.84 bits per heavy atom. The lowest BCUT2D eigenvalue weighted by Gasteiger charge is -2.23. The van der Waals surface area contributed by atoms with E-state index in [-0.39, 0.29) is 20.5 Å². The molecule has 3 aromatic rings. The van der Waals surface area contributed by atoms with Crippen molar-refractivity contribution in [1.29, 1.82) is 0 Å². The molecule has 0 bridgehead atoms. The Bertz CT molecular complexity index is 1280. The molecule has 1 N–H and O–H groups in total. The van der Waals surface area contributed by atoms with Crippen molar-refractivity contribution in [3.63, 3.8) is 0 Å². The predicted molar refractivity (Wildman–Crippen MR) is 142 cm³/mol. The van der Waals surface area contributed by atoms with E-state index < -0.39 is 17.7 Å². The van der Waals surface area contributed by atoms with Gasteiger partial charge in [0.25, 0.3) is 0 Å². The molecule has 0 aliphatic rings. The Hall–Kier alpha value is -2.11. The van der Waals surface area contributed by atoms with Crippen molar-refractivity contribution in [3.8, 4) is 11.4 Å². The van der Waals surface area contributed by atoms with Gasteiger partial charge in [-0.3, -0.25) is 9.67 Å². The molecule has 12 heteroatoms. The van der Waals surface area contributed by atoms with Gasteiger partial charge >= 0.3 is 6.18 Å². The zero-order chi connectivity index (χ0) is 27.3. The third kappa shape index (κ3) is 7.06. The fraction of sp³-hybridized carbons (Fsp3) is 0.440. The first kappa shape index (κ1) is 29.4. The zero-order valence-corrected chi connectivity index (χ0v) is 23.3. The summed E-state index contributed by atoms with van der Waals surface area (Å²) in [5.74, 6) is 0.610. The second-order valence-electron chi connectivity index (χ2n) is 8.72. The van der Waals surface area contributed by atoms with E-state index in [4.69, 9.17) is 44.9 Å². The van der Waals surface area contributed by atoms with Gasteiger partial charge in [-0.25, -0.2) is 0 Å². The smallest absolute Gasteiger partial charge is 0.418 e. The molecule has 2 aromatic carbocycles. The van der Waals surface area contributed by atoms with Crippen LogP contribution in [-0.4, -0.2) is 60.6 Å². The number of halogens is 5. The predicted octanol–water partition coefficient (Wildman–Crippen LogP) is 7.06. The molecule has 0 fully saturated rings. The molecule has 0 radical (unpaired) electrons. The number of aromatic nitrogens is 3. The lowest BCUT2D eigenvalue weighted by molar-refractivity contribution is -0.137. The van der Waals surface area contributed by atoms with Gasteiger partial charge in [-0.2, -0.15) is 18.3 Å². The summed E-state index contributed by atoms with van der Waals surface area (Å²) in [5, 5.41) is 6.86. The maximum atomic E-state index is 14.1. The number of nitrogens with one attached hydrogen (secondary N) is 1. The van der Waals surface area contributed by atoms with Gasteiger partial charge in [-0.05, 0) is 74.9 Å². The van der Waals surface area contributed by atoms with Gasteiger partial charge in [-0.15, -0.1) is 0 Å². The SMILES string of the molecule is COCCN(C)CCCC(c1ccc(C)c(OC)c1)c1n[nH]c(=S)n1-c1cc(Cl)c(Cl)cc1C(F)(F)F. The van der Waals surface area contributed by atoms with Crippen LogP contribution in [0, 0.1) is 11.7 Å². The summed E-state index contributed by atoms with van der Waals surface area (Å²) in [6.45, 7) is 4.04. The van der Waals surface area contributed by atoms with Gasteiger partial charge in [0.15, 0.2) is 4.77 Å². The minimum atomic E-state index is -4.69. The maximum absolute atomic E-state index is 14.1. The highest BCUT2D eigenvalue weighted by Crippen LogP contribution is 2.40. The fourth-order valence-corrected chi connectivity index (χ4v) is 4.71. The van der Waals surface area contributed by atoms with Gasteiger partial charge < -0.3 is 14.4 Å². The van der Waals surface area contributed by atoms with Crippen LogP contribution in [0.15, 0.2) is 30.3 Å². The summed E-state index contributed by atoms with van der Waals surface area (Å²) in [7, 11) is 5.22. The minimum Gasteiger partial charge on any atom is -0.496 e. The zero-order valence-electron chi connectivity index (χ0n) is 21.0. The van der Waals surface area contributed by atoms with Crippen LogP contribution in [0.2, 0.25) is 10.0 Å². The van der Waals surface area contributed by atoms with Gasteiger partial charge in [-0.1, -0.05) is 35.3 Å². The molecular formula is C25H29Cl2F3N4O2S. The Kier molecular flexibility index (Phi) is 10.0. The molecule has 1 atom stereocenters. The summed E-state index contributed by atoms with van der Waals surface area (Å²) < 4.78 is 54.2. The summed E-state index contributed by atoms with van der Waals surface area (Å²) in [4.78, 5) is 2.13. The molecule has 0 aliphatic carbocycles. The molecule has 0 saturated carbocycles. The largest absolute Gasteiger partial charge is 0.496 e. The van der Waals surface area contributed by atoms with E-state index >= 15 is 0 Å². The number of alkyl halides is 3. The Morgan fingerprint density at radius 3 is 2.49 bits per heavy atom. The van der Waals surface area contributed by atoms with Gasteiger partial charge in [0.05, 0.1) is 35.0 Å². The first-order valence-corrected chi connectivity index (χ1v) is 12.7. The average molecular weight is 578 g/mol. The number of benzene rings is 2. The number of likely N-dealkylation sites (N-methyl/N-ethyl adjacent to an activating group) is 1. The molecule has 6 nitrogen and oxygen atoms in total. The van der Waals surface area contributed by atoms with E-state index in [1.165, 1.54) is 10.6 Å². The van der Waals surface area contributed by atoms with Gasteiger partial charge in [0.1, 0.15) is 11.6 Å². The number of rotatable bonds is 11. The lowest BCUT2D eigenvalue weighted by atomic mass is 9.92. The molecule has 0 saturated heterocycles. The first-order valence-electron chi connectivity index (χ1n) is 11.5. The highest BCUT2D eigenvalue weighted by Gasteiger charge is 2.36. The maximum Gasteiger partial charge on any atom is 0.418 e. The summed E-state index contributed by atoms with van der Waals surface area (Å²) in [6.07, 6.45) is -3.36. The third-order valence-electron chi connectivity index (χ3n) is 6.14. The number of nitrogens with zero attached hydrogens (tertiary/aromatic N) is 3. The van der Waals surface area contributed by atoms with Crippen LogP contribution < -0.4 is 4.74 Å². The number of H-pyrrole nitrogens is 1. The molecule has 0 aliphatic heterocycles. The number of hydrogen-bond acceptors (Lipinski definition) is 5. The first-order chi connectivity index (χ1) is 17.5. The molecule has 1 aromatic heterocycles. The summed E-state index contributed by atoms with van der Waals surface area (Å²) >= 11 is 17.5. The van der Waals surface area contributed by atoms with E-state index in [0.717, 1.165) is 36.7 Å². The number of hydrogen-bond donors (Lipinski definition) is 1. The van der Waals surface area contributed by atoms with Gasteiger partial charge in [0, 0.05) is 19.6 Å². The van der Waals surface area contributed by atoms with Crippen molar-refractivity contribution >= 4 is 35.4 Å². The highest BCUT2D eigenvalue weighted by atomic mass is 35.5. The second kappa shape index (κ2) is 12.6. The number of aryl methyl sites for hydroxylation is 1. The lowest BCUT2D eigenvalue weighted by Crippen LogP contribution is -2.24. The monoisotopic (exact) mass is 576 g/mol. The van der Waals surface area contributed by atoms with Crippen molar-refractivity contribution in [3.05, 3.63) is 67.7 Å². The van der Waals surface area contributed by atoms with E-state index in [9.17, 15) is 13.2 Å². The molecule has 1 unspecified atom stereocenters. The van der Waals surface area contributed by atoms with Gasteiger partial charge in [0.2, 0.25) is 0 Å². The Labute approximate surface area is 229 Å². The van der Waals surface area contributed by atoms with E-state index in [2.05, 4.69) is 15.1 Å². The van der Waals surface area contributed by atoms with Crippen molar-refractivity contribution in [2.24, 2.45) is 0 Å². The van der Waals surface area contributed by atoms with Crippen LogP contribution in [0.1, 0.15) is 41.3 Å². The van der Waals surface area contributed by atoms with Crippen molar-refractivity contribution in [2.75, 3.05) is 41.0 Å². The number of methoxy groups -OCH3 is 2. The molecule has 202 valence electrons. The molecule has 3 rings (SSSR count). The van der Waals surface area contributed by atoms with E-state index in [1.807, 2.05) is 32.2 Å². The average Bonchev–Trinajstić information content (AvgIpc) is 3.22. The quantitative estimate of drug-likeness (QED) is 0.247. The summed E-state index contributed by atoms with van der Waals surface area (Å²) in [5.41, 5.74) is 0.579. The number of ether oxygens (including phenoxy) is 2. The topological polar surface area (TPSA) is 55.3 Å². The minimum absolute atomic E-state index is 0.0141. The van der Waals surface area contributed by atoms with Crippen LogP contribution in [0.25, 0.3) is 5.69 Å². The standard InChI is InChI=1S/C25H29Cl2F3N4O2S/c1-15-7-8-16(12-22(15)36-4)17(6-5-9-33(2)10-11-35-3)23-31-32-24(37)34(23)21-14-20(27)19(26)13-18(21)25(28,29)30/h7-8,12-14,17H,5-6,9-11H2,1-4H3,(H,32,37). The normalized spacial score (nSPS) is 12.8. The molecule has 0 spiro atoms. The highest BCUT2D eigenvalue weighted by molar-refractivity contribution is 7.71. The van der Waals surface area contributed by atoms with Crippen molar-refractivity contribution in [2.45, 2.75) is 31.9 Å². The van der Waals surface area contributed by atoms with Crippen LogP contribution in [0.5, 0.6) is 5.75 Å².